The molecular formula is C12H14ClNO2. The first-order valence-corrected chi connectivity index (χ1v) is 5.76. The lowest BCUT2D eigenvalue weighted by molar-refractivity contribution is 0.0901. The zero-order valence-electron chi connectivity index (χ0n) is 8.82. The number of nitrogens with one attached hydrogen (secondary N) is 1. The normalized spacial score (nSPS) is 16.9. The van der Waals surface area contributed by atoms with Gasteiger partial charge < -0.3 is 10.4 Å². The van der Waals surface area contributed by atoms with E-state index in [1.54, 1.807) is 24.3 Å². The van der Waals surface area contributed by atoms with Gasteiger partial charge in [-0.1, -0.05) is 17.7 Å². The second-order valence-electron chi connectivity index (χ2n) is 4.13. The van der Waals surface area contributed by atoms with E-state index >= 15 is 0 Å². The Hall–Kier alpha value is -1.06. The van der Waals surface area contributed by atoms with E-state index in [9.17, 15) is 9.90 Å². The molecule has 0 aromatic heterocycles. The second kappa shape index (κ2) is 4.85. The van der Waals surface area contributed by atoms with Crippen LogP contribution in [0.25, 0.3) is 0 Å². The van der Waals surface area contributed by atoms with Crippen molar-refractivity contribution in [3.8, 4) is 0 Å². The molecule has 3 nitrogen and oxygen atoms in total. The van der Waals surface area contributed by atoms with Crippen molar-refractivity contribution in [3.63, 3.8) is 0 Å². The third-order valence-corrected chi connectivity index (χ3v) is 2.96. The zero-order chi connectivity index (χ0) is 11.5. The molecule has 1 atom stereocenters. The van der Waals surface area contributed by atoms with Crippen molar-refractivity contribution in [1.82, 2.24) is 5.32 Å². The van der Waals surface area contributed by atoms with Crippen molar-refractivity contribution in [2.24, 2.45) is 5.92 Å². The van der Waals surface area contributed by atoms with Gasteiger partial charge in [-0.3, -0.25) is 4.79 Å². The lowest BCUT2D eigenvalue weighted by atomic mass is 10.2. The summed E-state index contributed by atoms with van der Waals surface area (Å²) < 4.78 is 0. The lowest BCUT2D eigenvalue weighted by Gasteiger charge is -2.10. The Morgan fingerprint density at radius 1 is 1.56 bits per heavy atom. The van der Waals surface area contributed by atoms with Crippen LogP contribution in [0.3, 0.4) is 0 Å². The van der Waals surface area contributed by atoms with Crippen molar-refractivity contribution in [2.75, 3.05) is 6.54 Å². The molecule has 2 N–H and O–H groups in total. The number of amides is 1. The molecule has 4 heteroatoms. The number of carbonyl (C=O) groups excluding carboxylic acids is 1. The summed E-state index contributed by atoms with van der Waals surface area (Å²) in [4.78, 5) is 11.7. The maximum Gasteiger partial charge on any atom is 0.251 e. The van der Waals surface area contributed by atoms with E-state index in [1.807, 2.05) is 0 Å². The van der Waals surface area contributed by atoms with Crippen molar-refractivity contribution < 1.29 is 9.90 Å². The molecule has 0 aliphatic heterocycles. The third kappa shape index (κ3) is 2.97. The first-order chi connectivity index (χ1) is 7.66. The molecule has 1 amide bonds. The van der Waals surface area contributed by atoms with Crippen LogP contribution in [0, 0.1) is 5.92 Å². The minimum Gasteiger partial charge on any atom is -0.391 e. The van der Waals surface area contributed by atoms with Gasteiger partial charge in [-0.25, -0.2) is 0 Å². The Labute approximate surface area is 99.4 Å². The van der Waals surface area contributed by atoms with Gasteiger partial charge >= 0.3 is 0 Å². The van der Waals surface area contributed by atoms with Gasteiger partial charge in [0.1, 0.15) is 0 Å². The van der Waals surface area contributed by atoms with E-state index < -0.39 is 6.10 Å². The molecule has 1 aromatic carbocycles. The Morgan fingerprint density at radius 3 is 2.94 bits per heavy atom. The Balaban J connectivity index is 1.87. The molecule has 0 bridgehead atoms. The van der Waals surface area contributed by atoms with E-state index in [4.69, 9.17) is 11.6 Å². The van der Waals surface area contributed by atoms with Crippen molar-refractivity contribution >= 4 is 17.5 Å². The highest BCUT2D eigenvalue weighted by molar-refractivity contribution is 6.30. The van der Waals surface area contributed by atoms with Crippen LogP contribution in [-0.2, 0) is 0 Å². The van der Waals surface area contributed by atoms with Gasteiger partial charge in [-0.2, -0.15) is 0 Å². The third-order valence-electron chi connectivity index (χ3n) is 2.72. The van der Waals surface area contributed by atoms with Gasteiger partial charge in [0.2, 0.25) is 0 Å². The fourth-order valence-corrected chi connectivity index (χ4v) is 1.77. The fraction of sp³-hybridized carbons (Fsp3) is 0.417. The van der Waals surface area contributed by atoms with Gasteiger partial charge in [0.25, 0.3) is 5.91 Å². The van der Waals surface area contributed by atoms with E-state index in [-0.39, 0.29) is 5.91 Å². The topological polar surface area (TPSA) is 49.3 Å². The van der Waals surface area contributed by atoms with Gasteiger partial charge in [-0.05, 0) is 37.0 Å². The largest absolute Gasteiger partial charge is 0.391 e. The predicted octanol–water partition coefficient (Wildman–Crippen LogP) is 1.84. The molecule has 0 saturated heterocycles. The summed E-state index contributed by atoms with van der Waals surface area (Å²) >= 11 is 5.78. The van der Waals surface area contributed by atoms with Crippen LogP contribution in [0.1, 0.15) is 23.2 Å². The highest BCUT2D eigenvalue weighted by atomic mass is 35.5. The number of rotatable bonds is 4. The first-order valence-electron chi connectivity index (χ1n) is 5.38. The van der Waals surface area contributed by atoms with Crippen LogP contribution in [-0.4, -0.2) is 23.7 Å². The van der Waals surface area contributed by atoms with Crippen molar-refractivity contribution in [1.29, 1.82) is 0 Å². The quantitative estimate of drug-likeness (QED) is 0.843. The highest BCUT2D eigenvalue weighted by Crippen LogP contribution is 2.32. The number of hydrogen-bond acceptors (Lipinski definition) is 2. The molecule has 1 unspecified atom stereocenters. The minimum absolute atomic E-state index is 0.192. The molecule has 1 fully saturated rings. The summed E-state index contributed by atoms with van der Waals surface area (Å²) in [5.74, 6) is 0.182. The minimum atomic E-state index is -0.414. The summed E-state index contributed by atoms with van der Waals surface area (Å²) in [5.41, 5.74) is 0.524. The summed E-state index contributed by atoms with van der Waals surface area (Å²) in [6, 6.07) is 6.76. The number of benzene rings is 1. The molecule has 2 rings (SSSR count). The van der Waals surface area contributed by atoms with Gasteiger partial charge in [-0.15, -0.1) is 0 Å². The standard InChI is InChI=1S/C12H14ClNO2/c13-10-3-1-2-9(6-10)12(16)14-7-11(15)8-4-5-8/h1-3,6,8,11,15H,4-5,7H2,(H,14,16). The number of halogens is 1. The van der Waals surface area contributed by atoms with Gasteiger partial charge in [0, 0.05) is 17.1 Å². The van der Waals surface area contributed by atoms with Crippen LogP contribution in [0.15, 0.2) is 24.3 Å². The number of aliphatic hydroxyl groups is 1. The van der Waals surface area contributed by atoms with Gasteiger partial charge in [0.05, 0.1) is 6.10 Å². The van der Waals surface area contributed by atoms with Gasteiger partial charge in [0.15, 0.2) is 0 Å². The maximum absolute atomic E-state index is 11.7. The zero-order valence-corrected chi connectivity index (χ0v) is 9.57. The molecule has 0 heterocycles. The summed E-state index contributed by atoms with van der Waals surface area (Å²) in [5, 5.41) is 12.8. The molecule has 0 spiro atoms. The maximum atomic E-state index is 11.7. The average Bonchev–Trinajstić information content (AvgIpc) is 3.09. The molecule has 86 valence electrons. The van der Waals surface area contributed by atoms with E-state index in [2.05, 4.69) is 5.32 Å². The molecule has 1 aliphatic carbocycles. The number of hydrogen-bond donors (Lipinski definition) is 2. The summed E-state index contributed by atoms with van der Waals surface area (Å²) in [6.07, 6.45) is 1.71. The Morgan fingerprint density at radius 2 is 2.31 bits per heavy atom. The molecule has 1 saturated carbocycles. The number of carbonyl (C=O) groups is 1. The predicted molar refractivity (Wildman–Crippen MR) is 62.5 cm³/mol. The average molecular weight is 240 g/mol. The lowest BCUT2D eigenvalue weighted by Crippen LogP contribution is -2.33. The highest BCUT2D eigenvalue weighted by Gasteiger charge is 2.29. The van der Waals surface area contributed by atoms with E-state index in [0.29, 0.717) is 23.0 Å². The summed E-state index contributed by atoms with van der Waals surface area (Å²) in [7, 11) is 0. The summed E-state index contributed by atoms with van der Waals surface area (Å²) in [6.45, 7) is 0.315. The van der Waals surface area contributed by atoms with Crippen molar-refractivity contribution in [3.05, 3.63) is 34.9 Å². The Bertz CT molecular complexity index is 390. The molecular weight excluding hydrogens is 226 g/mol. The molecule has 0 radical (unpaired) electrons. The molecule has 16 heavy (non-hydrogen) atoms. The fourth-order valence-electron chi connectivity index (χ4n) is 1.58. The second-order valence-corrected chi connectivity index (χ2v) is 4.56. The van der Waals surface area contributed by atoms with Crippen LogP contribution in [0.4, 0.5) is 0 Å². The van der Waals surface area contributed by atoms with Crippen LogP contribution >= 0.6 is 11.6 Å². The SMILES string of the molecule is O=C(NCC(O)C1CC1)c1cccc(Cl)c1. The van der Waals surface area contributed by atoms with Crippen LogP contribution < -0.4 is 5.32 Å². The van der Waals surface area contributed by atoms with E-state index in [0.717, 1.165) is 12.8 Å². The monoisotopic (exact) mass is 239 g/mol. The molecule has 1 aromatic rings. The smallest absolute Gasteiger partial charge is 0.251 e. The van der Waals surface area contributed by atoms with Crippen LogP contribution in [0.5, 0.6) is 0 Å². The number of aliphatic hydroxyl groups excluding tert-OH is 1. The van der Waals surface area contributed by atoms with Crippen LogP contribution in [0.2, 0.25) is 5.02 Å². The first kappa shape index (κ1) is 11.4. The Kier molecular flexibility index (Phi) is 3.46. The molecule has 1 aliphatic rings. The van der Waals surface area contributed by atoms with Crippen molar-refractivity contribution in [2.45, 2.75) is 18.9 Å². The van der Waals surface area contributed by atoms with E-state index in [1.165, 1.54) is 0 Å².